The maximum Gasteiger partial charge on any atom is 0.137 e. The fourth-order valence-corrected chi connectivity index (χ4v) is 2.48. The highest BCUT2D eigenvalue weighted by Crippen LogP contribution is 2.33. The third-order valence-corrected chi connectivity index (χ3v) is 4.05. The highest BCUT2D eigenvalue weighted by Gasteiger charge is 2.26. The maximum atomic E-state index is 4.87. The first kappa shape index (κ1) is 16.1. The third-order valence-electron chi connectivity index (χ3n) is 4.05. The summed E-state index contributed by atoms with van der Waals surface area (Å²) in [5.41, 5.74) is 1.19. The Morgan fingerprint density at radius 3 is 2.48 bits per heavy atom. The Morgan fingerprint density at radius 2 is 1.95 bits per heavy atom. The topological polar surface area (TPSA) is 41.1 Å². The van der Waals surface area contributed by atoms with Gasteiger partial charge in [-0.3, -0.25) is 0 Å². The van der Waals surface area contributed by atoms with Crippen molar-refractivity contribution < 1.29 is 0 Å². The van der Waals surface area contributed by atoms with E-state index in [0.717, 1.165) is 49.4 Å². The normalized spacial score (nSPS) is 14.6. The van der Waals surface area contributed by atoms with Crippen LogP contribution in [0, 0.1) is 12.8 Å². The second-order valence-electron chi connectivity index (χ2n) is 6.44. The molecule has 1 N–H and O–H groups in total. The number of nitrogens with zero attached hydrogens (tertiary/aromatic N) is 3. The molecular formula is C17H30N4. The lowest BCUT2D eigenvalue weighted by molar-refractivity contribution is 0.709. The van der Waals surface area contributed by atoms with Crippen LogP contribution in [0.2, 0.25) is 0 Å². The molecule has 118 valence electrons. The molecule has 1 aliphatic rings. The molecule has 1 fully saturated rings. The zero-order chi connectivity index (χ0) is 15.4. The van der Waals surface area contributed by atoms with Crippen LogP contribution < -0.4 is 10.2 Å². The van der Waals surface area contributed by atoms with E-state index in [4.69, 9.17) is 9.97 Å². The van der Waals surface area contributed by atoms with E-state index < -0.39 is 0 Å². The number of nitrogens with one attached hydrogen (secondary N) is 1. The number of rotatable bonds is 8. The zero-order valence-corrected chi connectivity index (χ0v) is 14.2. The van der Waals surface area contributed by atoms with Gasteiger partial charge in [0.15, 0.2) is 0 Å². The van der Waals surface area contributed by atoms with Crippen LogP contribution in [-0.2, 0) is 0 Å². The fourth-order valence-electron chi connectivity index (χ4n) is 2.48. The van der Waals surface area contributed by atoms with E-state index in [1.54, 1.807) is 0 Å². The number of aromatic nitrogens is 2. The minimum Gasteiger partial charge on any atom is -0.370 e. The zero-order valence-electron chi connectivity index (χ0n) is 14.2. The number of hydrogen-bond donors (Lipinski definition) is 1. The van der Waals surface area contributed by atoms with Crippen LogP contribution in [-0.4, -0.2) is 29.6 Å². The van der Waals surface area contributed by atoms with Crippen LogP contribution in [0.5, 0.6) is 0 Å². The molecule has 0 unspecified atom stereocenters. The second-order valence-corrected chi connectivity index (χ2v) is 6.44. The summed E-state index contributed by atoms with van der Waals surface area (Å²) in [7, 11) is 0. The van der Waals surface area contributed by atoms with Gasteiger partial charge in [0, 0.05) is 31.1 Å². The minimum absolute atomic E-state index is 0.353. The summed E-state index contributed by atoms with van der Waals surface area (Å²) in [5.74, 6) is 4.31. The molecule has 4 nitrogen and oxygen atoms in total. The van der Waals surface area contributed by atoms with Gasteiger partial charge in [-0.25, -0.2) is 9.97 Å². The van der Waals surface area contributed by atoms with Crippen LogP contribution in [0.1, 0.15) is 64.3 Å². The van der Waals surface area contributed by atoms with Gasteiger partial charge in [-0.15, -0.1) is 0 Å². The van der Waals surface area contributed by atoms with Gasteiger partial charge >= 0.3 is 0 Å². The molecule has 0 amide bonds. The van der Waals surface area contributed by atoms with Crippen molar-refractivity contribution in [3.05, 3.63) is 11.4 Å². The van der Waals surface area contributed by atoms with Crippen LogP contribution in [0.4, 0.5) is 11.6 Å². The maximum absolute atomic E-state index is 4.87. The summed E-state index contributed by atoms with van der Waals surface area (Å²) < 4.78 is 0. The Balaban J connectivity index is 2.33. The smallest absolute Gasteiger partial charge is 0.137 e. The van der Waals surface area contributed by atoms with E-state index in [1.807, 2.05) is 0 Å². The Bertz CT molecular complexity index is 466. The van der Waals surface area contributed by atoms with Crippen LogP contribution in [0.15, 0.2) is 0 Å². The fraction of sp³-hybridized carbons (Fsp3) is 0.765. The van der Waals surface area contributed by atoms with E-state index in [9.17, 15) is 0 Å². The molecule has 1 aromatic heterocycles. The number of hydrogen-bond acceptors (Lipinski definition) is 4. The van der Waals surface area contributed by atoms with Gasteiger partial charge in [-0.1, -0.05) is 20.8 Å². The molecule has 21 heavy (non-hydrogen) atoms. The van der Waals surface area contributed by atoms with E-state index in [1.165, 1.54) is 18.4 Å². The van der Waals surface area contributed by atoms with Crippen molar-refractivity contribution in [1.82, 2.24) is 9.97 Å². The van der Waals surface area contributed by atoms with Crippen LogP contribution in [0.3, 0.4) is 0 Å². The molecule has 0 aliphatic heterocycles. The Hall–Kier alpha value is -1.32. The largest absolute Gasteiger partial charge is 0.370 e. The van der Waals surface area contributed by atoms with Gasteiger partial charge < -0.3 is 10.2 Å². The summed E-state index contributed by atoms with van der Waals surface area (Å²) in [6.45, 7) is 14.0. The van der Waals surface area contributed by atoms with Crippen molar-refractivity contribution in [3.8, 4) is 0 Å². The van der Waals surface area contributed by atoms with Crippen molar-refractivity contribution >= 4 is 11.6 Å². The molecule has 0 saturated heterocycles. The summed E-state index contributed by atoms with van der Waals surface area (Å²) in [4.78, 5) is 12.0. The first-order chi connectivity index (χ1) is 10.1. The molecule has 0 radical (unpaired) electrons. The average molecular weight is 290 g/mol. The first-order valence-corrected chi connectivity index (χ1v) is 8.44. The van der Waals surface area contributed by atoms with Gasteiger partial charge in [0.1, 0.15) is 17.5 Å². The van der Waals surface area contributed by atoms with Gasteiger partial charge in [0.25, 0.3) is 0 Å². The molecule has 0 aromatic carbocycles. The van der Waals surface area contributed by atoms with Gasteiger partial charge in [0.2, 0.25) is 0 Å². The molecule has 0 spiro atoms. The van der Waals surface area contributed by atoms with Crippen molar-refractivity contribution in [2.24, 2.45) is 5.92 Å². The van der Waals surface area contributed by atoms with Crippen molar-refractivity contribution in [2.45, 2.75) is 59.8 Å². The first-order valence-electron chi connectivity index (χ1n) is 8.44. The SMILES string of the molecule is CCCNc1nc(C(C)C)nc(N(CC)CC2CC2)c1C. The lowest BCUT2D eigenvalue weighted by atomic mass is 10.2. The highest BCUT2D eigenvalue weighted by atomic mass is 15.2. The van der Waals surface area contributed by atoms with Crippen molar-refractivity contribution in [2.75, 3.05) is 29.9 Å². The lowest BCUT2D eigenvalue weighted by Gasteiger charge is -2.26. The van der Waals surface area contributed by atoms with E-state index in [0.29, 0.717) is 5.92 Å². The molecule has 1 heterocycles. The van der Waals surface area contributed by atoms with Crippen molar-refractivity contribution in [3.63, 3.8) is 0 Å². The van der Waals surface area contributed by atoms with E-state index in [-0.39, 0.29) is 0 Å². The molecule has 0 bridgehead atoms. The Labute approximate surface area is 129 Å². The van der Waals surface area contributed by atoms with Gasteiger partial charge in [0.05, 0.1) is 0 Å². The molecule has 1 saturated carbocycles. The highest BCUT2D eigenvalue weighted by molar-refractivity contribution is 5.59. The summed E-state index contributed by atoms with van der Waals surface area (Å²) in [6, 6.07) is 0. The third kappa shape index (κ3) is 4.08. The summed E-state index contributed by atoms with van der Waals surface area (Å²) in [6.07, 6.45) is 3.85. The monoisotopic (exact) mass is 290 g/mol. The van der Waals surface area contributed by atoms with Gasteiger partial charge in [-0.05, 0) is 39.0 Å². The molecule has 1 aromatic rings. The molecule has 2 rings (SSSR count). The van der Waals surface area contributed by atoms with Crippen LogP contribution in [0.25, 0.3) is 0 Å². The van der Waals surface area contributed by atoms with Crippen molar-refractivity contribution in [1.29, 1.82) is 0 Å². The standard InChI is InChI=1S/C17H30N4/c1-6-10-18-16-13(5)17(20-15(19-16)12(3)4)21(7-2)11-14-8-9-14/h12,14H,6-11H2,1-5H3,(H,18,19,20). The summed E-state index contributed by atoms with van der Waals surface area (Å²) >= 11 is 0. The quantitative estimate of drug-likeness (QED) is 0.786. The van der Waals surface area contributed by atoms with Crippen LogP contribution >= 0.6 is 0 Å². The summed E-state index contributed by atoms with van der Waals surface area (Å²) in [5, 5.41) is 3.47. The lowest BCUT2D eigenvalue weighted by Crippen LogP contribution is -2.28. The number of anilines is 2. The van der Waals surface area contributed by atoms with E-state index in [2.05, 4.69) is 44.8 Å². The van der Waals surface area contributed by atoms with Gasteiger partial charge in [-0.2, -0.15) is 0 Å². The Morgan fingerprint density at radius 1 is 1.24 bits per heavy atom. The Kier molecular flexibility index (Phi) is 5.43. The molecule has 4 heteroatoms. The molecular weight excluding hydrogens is 260 g/mol. The predicted octanol–water partition coefficient (Wildman–Crippen LogP) is 3.97. The average Bonchev–Trinajstić information content (AvgIpc) is 3.27. The van der Waals surface area contributed by atoms with E-state index >= 15 is 0 Å². The molecule has 0 atom stereocenters. The second kappa shape index (κ2) is 7.10. The predicted molar refractivity (Wildman–Crippen MR) is 90.2 cm³/mol. The molecule has 1 aliphatic carbocycles. The minimum atomic E-state index is 0.353.